The Kier molecular flexibility index (Phi) is 3.70. The Morgan fingerprint density at radius 3 is 2.58 bits per heavy atom. The van der Waals surface area contributed by atoms with Crippen molar-refractivity contribution in [2.75, 3.05) is 18.7 Å². The zero-order valence-corrected chi connectivity index (χ0v) is 15.9. The van der Waals surface area contributed by atoms with Gasteiger partial charge in [0.15, 0.2) is 0 Å². The standard InChI is InChI=1S/C20H20N2O3S/c1-20(2)14-7-11-8-16(21-15(11)10-17(14)22-19(20)23)13-6-5-12(26(4)24)9-18(13)25-3/h5-10,21H,1-4H3,(H,22,23). The number of carbonyl (C=O) groups is 1. The van der Waals surface area contributed by atoms with Crippen LogP contribution in [0.2, 0.25) is 0 Å². The summed E-state index contributed by atoms with van der Waals surface area (Å²) in [4.78, 5) is 16.3. The average molecular weight is 368 g/mol. The molecule has 5 nitrogen and oxygen atoms in total. The largest absolute Gasteiger partial charge is 0.496 e. The zero-order chi connectivity index (χ0) is 18.6. The van der Waals surface area contributed by atoms with Crippen molar-refractivity contribution in [3.8, 4) is 17.0 Å². The molecule has 4 rings (SSSR count). The van der Waals surface area contributed by atoms with E-state index in [4.69, 9.17) is 4.74 Å². The molecule has 0 bridgehead atoms. The van der Waals surface area contributed by atoms with Gasteiger partial charge in [0.2, 0.25) is 5.91 Å². The summed E-state index contributed by atoms with van der Waals surface area (Å²) in [6.07, 6.45) is 1.65. The predicted molar refractivity (Wildman–Crippen MR) is 104 cm³/mol. The van der Waals surface area contributed by atoms with Crippen LogP contribution >= 0.6 is 0 Å². The topological polar surface area (TPSA) is 71.2 Å². The van der Waals surface area contributed by atoms with Crippen LogP contribution in [0.15, 0.2) is 41.3 Å². The van der Waals surface area contributed by atoms with E-state index >= 15 is 0 Å². The fraction of sp³-hybridized carbons (Fsp3) is 0.250. The van der Waals surface area contributed by atoms with E-state index in [0.29, 0.717) is 5.75 Å². The van der Waals surface area contributed by atoms with Crippen molar-refractivity contribution in [2.45, 2.75) is 24.2 Å². The molecule has 1 atom stereocenters. The number of amides is 1. The number of ether oxygens (including phenoxy) is 1. The molecule has 1 unspecified atom stereocenters. The number of methoxy groups -OCH3 is 1. The van der Waals surface area contributed by atoms with Crippen LogP contribution in [0.4, 0.5) is 5.69 Å². The summed E-state index contributed by atoms with van der Waals surface area (Å²) < 4.78 is 17.2. The van der Waals surface area contributed by atoms with Gasteiger partial charge in [-0.3, -0.25) is 9.00 Å². The number of benzene rings is 2. The molecule has 26 heavy (non-hydrogen) atoms. The number of nitrogens with one attached hydrogen (secondary N) is 2. The number of H-pyrrole nitrogens is 1. The molecular formula is C20H20N2O3S. The van der Waals surface area contributed by atoms with E-state index in [1.807, 2.05) is 32.0 Å². The Morgan fingerprint density at radius 2 is 1.88 bits per heavy atom. The van der Waals surface area contributed by atoms with Crippen molar-refractivity contribution < 1.29 is 13.7 Å². The van der Waals surface area contributed by atoms with Crippen molar-refractivity contribution in [2.24, 2.45) is 0 Å². The Bertz CT molecular complexity index is 1080. The summed E-state index contributed by atoms with van der Waals surface area (Å²) in [6.45, 7) is 3.86. The second-order valence-corrected chi connectivity index (χ2v) is 8.44. The molecule has 3 aromatic rings. The SMILES string of the molecule is COc1cc(S(C)=O)ccc1-c1cc2cc3c(cc2[nH]1)NC(=O)C3(C)C. The highest BCUT2D eigenvalue weighted by Crippen LogP contribution is 2.41. The number of rotatable bonds is 3. The highest BCUT2D eigenvalue weighted by atomic mass is 32.2. The van der Waals surface area contributed by atoms with Crippen molar-refractivity contribution in [3.05, 3.63) is 42.0 Å². The van der Waals surface area contributed by atoms with E-state index in [1.165, 1.54) is 0 Å². The minimum atomic E-state index is -1.06. The molecule has 134 valence electrons. The number of hydrogen-bond acceptors (Lipinski definition) is 3. The van der Waals surface area contributed by atoms with Gasteiger partial charge in [-0.1, -0.05) is 0 Å². The summed E-state index contributed by atoms with van der Waals surface area (Å²) in [5, 5.41) is 3.99. The summed E-state index contributed by atoms with van der Waals surface area (Å²) in [5.74, 6) is 0.690. The highest BCUT2D eigenvalue weighted by Gasteiger charge is 2.38. The highest BCUT2D eigenvalue weighted by molar-refractivity contribution is 7.84. The zero-order valence-electron chi connectivity index (χ0n) is 15.1. The molecule has 0 spiro atoms. The van der Waals surface area contributed by atoms with Crippen molar-refractivity contribution in [1.82, 2.24) is 4.98 Å². The van der Waals surface area contributed by atoms with Crippen LogP contribution in [0.25, 0.3) is 22.2 Å². The first-order valence-electron chi connectivity index (χ1n) is 8.32. The van der Waals surface area contributed by atoms with Crippen LogP contribution in [-0.4, -0.2) is 28.5 Å². The molecule has 1 aliphatic heterocycles. The Hall–Kier alpha value is -2.60. The van der Waals surface area contributed by atoms with Gasteiger partial charge in [0.25, 0.3) is 0 Å². The van der Waals surface area contributed by atoms with Gasteiger partial charge in [0, 0.05) is 44.1 Å². The number of aromatic amines is 1. The maximum absolute atomic E-state index is 12.1. The molecule has 0 radical (unpaired) electrons. The number of carbonyl (C=O) groups excluding carboxylic acids is 1. The minimum Gasteiger partial charge on any atom is -0.496 e. The molecule has 0 aliphatic carbocycles. The first kappa shape index (κ1) is 16.8. The number of anilines is 1. The summed E-state index contributed by atoms with van der Waals surface area (Å²) in [6, 6.07) is 11.7. The van der Waals surface area contributed by atoms with E-state index in [9.17, 15) is 9.00 Å². The molecule has 0 saturated heterocycles. The predicted octanol–water partition coefficient (Wildman–Crippen LogP) is 3.81. The third-order valence-corrected chi connectivity index (χ3v) is 5.96. The lowest BCUT2D eigenvalue weighted by atomic mass is 9.86. The lowest BCUT2D eigenvalue weighted by molar-refractivity contribution is -0.119. The molecule has 1 aromatic heterocycles. The van der Waals surface area contributed by atoms with Crippen molar-refractivity contribution in [3.63, 3.8) is 0 Å². The van der Waals surface area contributed by atoms with Gasteiger partial charge in [-0.25, -0.2) is 0 Å². The van der Waals surface area contributed by atoms with Gasteiger partial charge in [-0.05, 0) is 55.8 Å². The third-order valence-electron chi connectivity index (χ3n) is 5.04. The third kappa shape index (κ3) is 2.44. The van der Waals surface area contributed by atoms with Crippen LogP contribution in [0.1, 0.15) is 19.4 Å². The first-order valence-corrected chi connectivity index (χ1v) is 9.87. The maximum Gasteiger partial charge on any atom is 0.234 e. The van der Waals surface area contributed by atoms with Gasteiger partial charge in [0.05, 0.1) is 18.2 Å². The maximum atomic E-state index is 12.1. The van der Waals surface area contributed by atoms with Gasteiger partial charge in [-0.15, -0.1) is 0 Å². The Morgan fingerprint density at radius 1 is 1.12 bits per heavy atom. The van der Waals surface area contributed by atoms with Crippen LogP contribution in [0.3, 0.4) is 0 Å². The van der Waals surface area contributed by atoms with E-state index in [-0.39, 0.29) is 5.91 Å². The van der Waals surface area contributed by atoms with E-state index in [2.05, 4.69) is 22.4 Å². The smallest absolute Gasteiger partial charge is 0.234 e. The van der Waals surface area contributed by atoms with E-state index in [0.717, 1.165) is 38.3 Å². The van der Waals surface area contributed by atoms with Crippen LogP contribution in [0, 0.1) is 0 Å². The normalized spacial score (nSPS) is 16.4. The second kappa shape index (κ2) is 5.71. The number of hydrogen-bond donors (Lipinski definition) is 2. The average Bonchev–Trinajstić information content (AvgIpc) is 3.11. The number of aromatic nitrogens is 1. The van der Waals surface area contributed by atoms with Crippen molar-refractivity contribution in [1.29, 1.82) is 0 Å². The van der Waals surface area contributed by atoms with Crippen LogP contribution < -0.4 is 10.1 Å². The quantitative estimate of drug-likeness (QED) is 0.738. The molecule has 2 heterocycles. The van der Waals surface area contributed by atoms with Crippen molar-refractivity contribution >= 4 is 33.3 Å². The van der Waals surface area contributed by atoms with Gasteiger partial charge in [0.1, 0.15) is 5.75 Å². The Balaban J connectivity index is 1.85. The minimum absolute atomic E-state index is 0.0187. The van der Waals surface area contributed by atoms with E-state index in [1.54, 1.807) is 19.4 Å². The monoisotopic (exact) mass is 368 g/mol. The molecule has 6 heteroatoms. The molecule has 0 saturated carbocycles. The molecule has 0 fully saturated rings. The lowest BCUT2D eigenvalue weighted by Gasteiger charge is -2.14. The molecule has 2 aromatic carbocycles. The first-order chi connectivity index (χ1) is 12.3. The lowest BCUT2D eigenvalue weighted by Crippen LogP contribution is -2.26. The van der Waals surface area contributed by atoms with Gasteiger partial charge >= 0.3 is 0 Å². The van der Waals surface area contributed by atoms with Crippen LogP contribution in [0.5, 0.6) is 5.75 Å². The number of fused-ring (bicyclic) bond motifs is 2. The van der Waals surface area contributed by atoms with Gasteiger partial charge < -0.3 is 15.0 Å². The Labute approximate surface area is 154 Å². The molecule has 2 N–H and O–H groups in total. The van der Waals surface area contributed by atoms with Gasteiger partial charge in [-0.2, -0.15) is 0 Å². The fourth-order valence-electron chi connectivity index (χ4n) is 3.42. The van der Waals surface area contributed by atoms with Crippen LogP contribution in [-0.2, 0) is 21.0 Å². The summed E-state index contributed by atoms with van der Waals surface area (Å²) in [5.41, 5.74) is 4.08. The van der Waals surface area contributed by atoms with E-state index < -0.39 is 16.2 Å². The summed E-state index contributed by atoms with van der Waals surface area (Å²) in [7, 11) is 0.545. The second-order valence-electron chi connectivity index (χ2n) is 7.06. The molecular weight excluding hydrogens is 348 g/mol. The summed E-state index contributed by atoms with van der Waals surface area (Å²) >= 11 is 0. The molecule has 1 aliphatic rings. The fourth-order valence-corrected chi connectivity index (χ4v) is 3.95. The molecule has 1 amide bonds.